The fourth-order valence-electron chi connectivity index (χ4n) is 3.73. The van der Waals surface area contributed by atoms with Gasteiger partial charge in [-0.3, -0.25) is 14.8 Å². The zero-order valence-corrected chi connectivity index (χ0v) is 16.9. The lowest BCUT2D eigenvalue weighted by atomic mass is 10.1. The van der Waals surface area contributed by atoms with Crippen molar-refractivity contribution in [2.45, 2.75) is 6.54 Å². The summed E-state index contributed by atoms with van der Waals surface area (Å²) in [5, 5.41) is 21.8. The van der Waals surface area contributed by atoms with Gasteiger partial charge in [0, 0.05) is 23.3 Å². The van der Waals surface area contributed by atoms with Crippen LogP contribution in [0.1, 0.15) is 5.69 Å². The van der Waals surface area contributed by atoms with Crippen molar-refractivity contribution in [3.8, 4) is 16.9 Å². The van der Waals surface area contributed by atoms with Crippen LogP contribution in [0.4, 0.5) is 0 Å². The van der Waals surface area contributed by atoms with Crippen molar-refractivity contribution in [3.05, 3.63) is 83.9 Å². The van der Waals surface area contributed by atoms with Crippen molar-refractivity contribution in [2.24, 2.45) is 0 Å². The van der Waals surface area contributed by atoms with Crippen molar-refractivity contribution >= 4 is 33.5 Å². The highest BCUT2D eigenvalue weighted by Crippen LogP contribution is 2.31. The Morgan fingerprint density at radius 2 is 1.97 bits per heavy atom. The monoisotopic (exact) mass is 426 g/mol. The molecule has 0 aliphatic heterocycles. The molecule has 0 unspecified atom stereocenters. The summed E-state index contributed by atoms with van der Waals surface area (Å²) in [5.41, 5.74) is 6.05. The molecule has 1 N–H and O–H groups in total. The second-order valence-corrected chi connectivity index (χ2v) is 7.57. The molecule has 0 radical (unpaired) electrons. The number of pyridine rings is 1. The van der Waals surface area contributed by atoms with E-state index in [9.17, 15) is 0 Å². The molecule has 4 heterocycles. The van der Waals surface area contributed by atoms with Crippen LogP contribution in [0.25, 0.3) is 38.9 Å². The Hall–Kier alpha value is -4.04. The third-order valence-electron chi connectivity index (χ3n) is 5.23. The summed E-state index contributed by atoms with van der Waals surface area (Å²) in [6.07, 6.45) is 5.34. The van der Waals surface area contributed by atoms with Crippen LogP contribution in [0, 0.1) is 0 Å². The lowest BCUT2D eigenvalue weighted by Crippen LogP contribution is -2.05. The molecule has 0 saturated heterocycles. The zero-order chi connectivity index (χ0) is 20.8. The van der Waals surface area contributed by atoms with Gasteiger partial charge in [-0.05, 0) is 48.5 Å². The van der Waals surface area contributed by atoms with Gasteiger partial charge in [0.25, 0.3) is 0 Å². The van der Waals surface area contributed by atoms with E-state index < -0.39 is 0 Å². The fraction of sp³-hybridized carbons (Fsp3) is 0.0455. The van der Waals surface area contributed by atoms with Crippen LogP contribution in [0.3, 0.4) is 0 Å². The first kappa shape index (κ1) is 17.8. The Morgan fingerprint density at radius 3 is 2.87 bits per heavy atom. The van der Waals surface area contributed by atoms with Crippen LogP contribution >= 0.6 is 11.6 Å². The quantitative estimate of drug-likeness (QED) is 0.455. The predicted molar refractivity (Wildman–Crippen MR) is 118 cm³/mol. The minimum atomic E-state index is 0.534. The molecule has 9 heteroatoms. The fourth-order valence-corrected chi connectivity index (χ4v) is 3.98. The summed E-state index contributed by atoms with van der Waals surface area (Å²) >= 11 is 6.60. The Bertz CT molecular complexity index is 1530. The Labute approximate surface area is 181 Å². The van der Waals surface area contributed by atoms with Crippen LogP contribution < -0.4 is 0 Å². The van der Waals surface area contributed by atoms with Gasteiger partial charge in [-0.25, -0.2) is 4.68 Å². The lowest BCUT2D eigenvalue weighted by molar-refractivity contribution is 0.680. The number of hydrogen-bond donors (Lipinski definition) is 1. The summed E-state index contributed by atoms with van der Waals surface area (Å²) < 4.78 is 3.69. The molecule has 4 aromatic heterocycles. The number of fused-ring (bicyclic) bond motifs is 2. The molecule has 0 amide bonds. The second kappa shape index (κ2) is 7.03. The van der Waals surface area contributed by atoms with E-state index in [2.05, 4.69) is 30.6 Å². The summed E-state index contributed by atoms with van der Waals surface area (Å²) in [6, 6.07) is 17.7. The largest absolute Gasteiger partial charge is 0.278 e. The molecule has 6 rings (SSSR count). The topological polar surface area (TPSA) is 90.1 Å². The molecule has 2 aromatic carbocycles. The van der Waals surface area contributed by atoms with Gasteiger partial charge >= 0.3 is 0 Å². The number of nitrogens with zero attached hydrogens (tertiary/aromatic N) is 7. The van der Waals surface area contributed by atoms with Crippen LogP contribution in [0.2, 0.25) is 5.02 Å². The molecule has 0 fully saturated rings. The van der Waals surface area contributed by atoms with E-state index in [4.69, 9.17) is 11.6 Å². The number of rotatable bonds is 4. The minimum absolute atomic E-state index is 0.534. The first-order valence-electron chi connectivity index (χ1n) is 9.67. The smallest absolute Gasteiger partial charge is 0.132 e. The standard InChI is InChI=1S/C22H15ClN8/c23-18-9-15(20-6-8-26-30(20)13-16-3-1-2-7-24-16)10-21-22(18)28-29-31(21)17-5-4-14-12-25-27-19(14)11-17/h1-12H,13H2,(H,25,27). The first-order chi connectivity index (χ1) is 15.3. The van der Waals surface area contributed by atoms with E-state index in [1.165, 1.54) is 0 Å². The molecule has 0 aliphatic rings. The average molecular weight is 427 g/mol. The van der Waals surface area contributed by atoms with Crippen LogP contribution in [0.5, 0.6) is 0 Å². The minimum Gasteiger partial charge on any atom is -0.278 e. The molecular weight excluding hydrogens is 412 g/mol. The van der Waals surface area contributed by atoms with E-state index in [-0.39, 0.29) is 0 Å². The van der Waals surface area contributed by atoms with Gasteiger partial charge in [0.1, 0.15) is 5.52 Å². The number of halogens is 1. The van der Waals surface area contributed by atoms with Crippen LogP contribution in [-0.4, -0.2) is 40.0 Å². The Balaban J connectivity index is 1.47. The SMILES string of the molecule is Clc1cc(-c2ccnn2Cc2ccccn2)cc2c1nnn2-c1ccc2cn[nH]c2c1. The highest BCUT2D eigenvalue weighted by atomic mass is 35.5. The maximum absolute atomic E-state index is 6.60. The van der Waals surface area contributed by atoms with Crippen molar-refractivity contribution in [1.82, 2.24) is 40.0 Å². The number of hydrogen-bond acceptors (Lipinski definition) is 5. The second-order valence-electron chi connectivity index (χ2n) is 7.16. The van der Waals surface area contributed by atoms with Crippen LogP contribution in [-0.2, 0) is 6.54 Å². The first-order valence-corrected chi connectivity index (χ1v) is 10.0. The zero-order valence-electron chi connectivity index (χ0n) is 16.1. The number of benzene rings is 2. The van der Waals surface area contributed by atoms with Crippen molar-refractivity contribution in [1.29, 1.82) is 0 Å². The van der Waals surface area contributed by atoms with Gasteiger partial charge in [0.15, 0.2) is 0 Å². The maximum atomic E-state index is 6.60. The van der Waals surface area contributed by atoms with Crippen LogP contribution in [0.15, 0.2) is 73.2 Å². The van der Waals surface area contributed by atoms with Gasteiger partial charge in [0.05, 0.1) is 45.9 Å². The van der Waals surface area contributed by atoms with Crippen molar-refractivity contribution in [2.75, 3.05) is 0 Å². The van der Waals surface area contributed by atoms with E-state index in [1.54, 1.807) is 23.3 Å². The molecule has 8 nitrogen and oxygen atoms in total. The third kappa shape index (κ3) is 3.04. The van der Waals surface area contributed by atoms with E-state index in [0.717, 1.165) is 39.1 Å². The van der Waals surface area contributed by atoms with E-state index >= 15 is 0 Å². The summed E-state index contributed by atoms with van der Waals surface area (Å²) in [4.78, 5) is 4.40. The molecule has 0 bridgehead atoms. The molecule has 6 aromatic rings. The van der Waals surface area contributed by atoms with Gasteiger partial charge in [-0.1, -0.05) is 22.9 Å². The van der Waals surface area contributed by atoms with E-state index in [1.807, 2.05) is 59.3 Å². The van der Waals surface area contributed by atoms with Crippen molar-refractivity contribution in [3.63, 3.8) is 0 Å². The summed E-state index contributed by atoms with van der Waals surface area (Å²) in [7, 11) is 0. The highest BCUT2D eigenvalue weighted by Gasteiger charge is 2.15. The average Bonchev–Trinajstić information content (AvgIpc) is 3.53. The van der Waals surface area contributed by atoms with Crippen molar-refractivity contribution < 1.29 is 0 Å². The predicted octanol–water partition coefficient (Wildman–Crippen LogP) is 4.26. The Morgan fingerprint density at radius 1 is 1.00 bits per heavy atom. The third-order valence-corrected chi connectivity index (χ3v) is 5.51. The molecule has 0 spiro atoms. The summed E-state index contributed by atoms with van der Waals surface area (Å²) in [5.74, 6) is 0. The molecule has 0 saturated carbocycles. The molecule has 31 heavy (non-hydrogen) atoms. The molecular formula is C22H15ClN8. The van der Waals surface area contributed by atoms with E-state index in [0.29, 0.717) is 17.1 Å². The Kier molecular flexibility index (Phi) is 4.03. The van der Waals surface area contributed by atoms with Gasteiger partial charge in [0.2, 0.25) is 0 Å². The number of aromatic nitrogens is 8. The van der Waals surface area contributed by atoms with Gasteiger partial charge < -0.3 is 0 Å². The van der Waals surface area contributed by atoms with Gasteiger partial charge in [-0.2, -0.15) is 10.2 Å². The molecule has 0 atom stereocenters. The summed E-state index contributed by atoms with van der Waals surface area (Å²) in [6.45, 7) is 0.562. The lowest BCUT2D eigenvalue weighted by Gasteiger charge is -2.09. The van der Waals surface area contributed by atoms with Gasteiger partial charge in [-0.15, -0.1) is 5.10 Å². The number of H-pyrrole nitrogens is 1. The normalized spacial score (nSPS) is 11.5. The molecule has 0 aliphatic carbocycles. The highest BCUT2D eigenvalue weighted by molar-refractivity contribution is 6.35. The maximum Gasteiger partial charge on any atom is 0.132 e. The molecule has 150 valence electrons. The number of aromatic amines is 1. The number of nitrogens with one attached hydrogen (secondary N) is 1.